The highest BCUT2D eigenvalue weighted by Crippen LogP contribution is 2.15. The van der Waals surface area contributed by atoms with E-state index in [2.05, 4.69) is 5.32 Å². The molecule has 1 aromatic rings. The highest BCUT2D eigenvalue weighted by atomic mass is 35.5. The number of rotatable bonds is 4. The molecule has 0 saturated carbocycles. The van der Waals surface area contributed by atoms with Crippen LogP contribution in [-0.2, 0) is 16.6 Å². The fourth-order valence-electron chi connectivity index (χ4n) is 1.33. The van der Waals surface area contributed by atoms with Gasteiger partial charge in [0, 0.05) is 13.2 Å². The molecular weight excluding hydrogens is 270 g/mol. The number of aromatic nitrogens is 1. The number of carbonyl (C=O) groups excluding carboxylic acids is 2. The van der Waals surface area contributed by atoms with Gasteiger partial charge in [-0.2, -0.15) is 0 Å². The standard InChI is InChI=1S/C12H19N3O3.ClH/c1-5-18-10(16)9-6-8(7-15(9)4)14-11(17)12(2,3)13;/h6-7H,5,13H2,1-4H3,(H,14,17);1H. The first-order valence-corrected chi connectivity index (χ1v) is 5.69. The minimum Gasteiger partial charge on any atom is -0.461 e. The molecule has 6 nitrogen and oxygen atoms in total. The lowest BCUT2D eigenvalue weighted by molar-refractivity contribution is -0.120. The molecule has 1 amide bonds. The Morgan fingerprint density at radius 3 is 2.53 bits per heavy atom. The van der Waals surface area contributed by atoms with Gasteiger partial charge >= 0.3 is 5.97 Å². The van der Waals surface area contributed by atoms with Crippen molar-refractivity contribution in [2.24, 2.45) is 12.8 Å². The molecule has 0 saturated heterocycles. The topological polar surface area (TPSA) is 86.3 Å². The summed E-state index contributed by atoms with van der Waals surface area (Å²) in [7, 11) is 1.70. The average Bonchev–Trinajstić information content (AvgIpc) is 2.58. The monoisotopic (exact) mass is 289 g/mol. The van der Waals surface area contributed by atoms with Crippen molar-refractivity contribution in [1.82, 2.24) is 4.57 Å². The molecule has 1 aromatic heterocycles. The SMILES string of the molecule is CCOC(=O)c1cc(NC(=O)C(C)(C)N)cn1C.Cl. The molecule has 3 N–H and O–H groups in total. The van der Waals surface area contributed by atoms with Crippen molar-refractivity contribution in [2.45, 2.75) is 26.3 Å². The van der Waals surface area contributed by atoms with Crippen molar-refractivity contribution in [3.63, 3.8) is 0 Å². The van der Waals surface area contributed by atoms with Crippen LogP contribution in [0.5, 0.6) is 0 Å². The van der Waals surface area contributed by atoms with E-state index in [0.29, 0.717) is 18.0 Å². The summed E-state index contributed by atoms with van der Waals surface area (Å²) < 4.78 is 6.49. The van der Waals surface area contributed by atoms with Gasteiger partial charge in [-0.1, -0.05) is 0 Å². The van der Waals surface area contributed by atoms with Gasteiger partial charge < -0.3 is 20.4 Å². The number of carbonyl (C=O) groups is 2. The van der Waals surface area contributed by atoms with Gasteiger partial charge in [-0.3, -0.25) is 4.79 Å². The van der Waals surface area contributed by atoms with Crippen LogP contribution in [0.3, 0.4) is 0 Å². The molecule has 1 rings (SSSR count). The first-order valence-electron chi connectivity index (χ1n) is 5.69. The molecular formula is C12H20ClN3O3. The average molecular weight is 290 g/mol. The number of ether oxygens (including phenoxy) is 1. The summed E-state index contributed by atoms with van der Waals surface area (Å²) >= 11 is 0. The lowest BCUT2D eigenvalue weighted by atomic mass is 10.1. The molecule has 7 heteroatoms. The third-order valence-electron chi connectivity index (χ3n) is 2.33. The van der Waals surface area contributed by atoms with Crippen molar-refractivity contribution in [2.75, 3.05) is 11.9 Å². The normalized spacial score (nSPS) is 10.6. The summed E-state index contributed by atoms with van der Waals surface area (Å²) in [6.07, 6.45) is 1.63. The van der Waals surface area contributed by atoms with Gasteiger partial charge in [-0.15, -0.1) is 12.4 Å². The Kier molecular flexibility index (Phi) is 6.05. The number of hydrogen-bond acceptors (Lipinski definition) is 4. The van der Waals surface area contributed by atoms with Gasteiger partial charge in [-0.25, -0.2) is 4.79 Å². The first-order chi connectivity index (χ1) is 8.25. The van der Waals surface area contributed by atoms with Crippen LogP contribution in [0.25, 0.3) is 0 Å². The molecule has 0 radical (unpaired) electrons. The summed E-state index contributed by atoms with van der Waals surface area (Å²) in [5.41, 5.74) is 5.59. The van der Waals surface area contributed by atoms with Crippen LogP contribution < -0.4 is 11.1 Å². The molecule has 0 aromatic carbocycles. The van der Waals surface area contributed by atoms with Gasteiger partial charge in [0.2, 0.25) is 5.91 Å². The van der Waals surface area contributed by atoms with Crippen molar-refractivity contribution < 1.29 is 14.3 Å². The number of halogens is 1. The number of aryl methyl sites for hydroxylation is 1. The van der Waals surface area contributed by atoms with Crippen LogP contribution in [0.1, 0.15) is 31.3 Å². The summed E-state index contributed by atoms with van der Waals surface area (Å²) in [6, 6.07) is 1.56. The molecule has 0 spiro atoms. The molecule has 0 aliphatic rings. The van der Waals surface area contributed by atoms with Gasteiger partial charge in [0.1, 0.15) is 5.69 Å². The molecule has 19 heavy (non-hydrogen) atoms. The van der Waals surface area contributed by atoms with Crippen molar-refractivity contribution in [3.8, 4) is 0 Å². The van der Waals surface area contributed by atoms with E-state index in [1.807, 2.05) is 0 Å². The number of nitrogens with two attached hydrogens (primary N) is 1. The van der Waals surface area contributed by atoms with E-state index in [4.69, 9.17) is 10.5 Å². The van der Waals surface area contributed by atoms with Gasteiger partial charge in [0.25, 0.3) is 0 Å². The zero-order valence-corrected chi connectivity index (χ0v) is 12.3. The number of amides is 1. The second kappa shape index (κ2) is 6.58. The largest absolute Gasteiger partial charge is 0.461 e. The molecule has 0 bridgehead atoms. The van der Waals surface area contributed by atoms with Crippen LogP contribution in [0, 0.1) is 0 Å². The molecule has 0 unspecified atom stereocenters. The van der Waals surface area contributed by atoms with E-state index in [0.717, 1.165) is 0 Å². The fourth-order valence-corrected chi connectivity index (χ4v) is 1.33. The Labute approximate surface area is 118 Å². The second-order valence-electron chi connectivity index (χ2n) is 4.62. The highest BCUT2D eigenvalue weighted by Gasteiger charge is 2.23. The zero-order valence-electron chi connectivity index (χ0n) is 11.5. The summed E-state index contributed by atoms with van der Waals surface area (Å²) in [5.74, 6) is -0.740. The van der Waals surface area contributed by atoms with E-state index in [1.54, 1.807) is 44.6 Å². The van der Waals surface area contributed by atoms with Crippen LogP contribution >= 0.6 is 12.4 Å². The summed E-state index contributed by atoms with van der Waals surface area (Å²) in [5, 5.41) is 2.65. The first kappa shape index (κ1) is 17.5. The van der Waals surface area contributed by atoms with Gasteiger partial charge in [0.15, 0.2) is 0 Å². The molecule has 0 fully saturated rings. The Hall–Kier alpha value is -1.53. The van der Waals surface area contributed by atoms with Crippen LogP contribution in [0.2, 0.25) is 0 Å². The van der Waals surface area contributed by atoms with E-state index in [-0.39, 0.29) is 18.3 Å². The van der Waals surface area contributed by atoms with Gasteiger partial charge in [0.05, 0.1) is 17.8 Å². The summed E-state index contributed by atoms with van der Waals surface area (Å²) in [6.45, 7) is 5.26. The maximum atomic E-state index is 11.7. The van der Waals surface area contributed by atoms with Gasteiger partial charge in [-0.05, 0) is 26.8 Å². The van der Waals surface area contributed by atoms with E-state index >= 15 is 0 Å². The van der Waals surface area contributed by atoms with Crippen LogP contribution in [-0.4, -0.2) is 28.6 Å². The maximum absolute atomic E-state index is 11.7. The second-order valence-corrected chi connectivity index (χ2v) is 4.62. The molecule has 108 valence electrons. The Bertz CT molecular complexity index is 463. The minimum atomic E-state index is -0.972. The lowest BCUT2D eigenvalue weighted by Gasteiger charge is -2.16. The Morgan fingerprint density at radius 1 is 1.47 bits per heavy atom. The minimum absolute atomic E-state index is 0. The Morgan fingerprint density at radius 2 is 2.05 bits per heavy atom. The van der Waals surface area contributed by atoms with Crippen LogP contribution in [0.15, 0.2) is 12.3 Å². The number of anilines is 1. The summed E-state index contributed by atoms with van der Waals surface area (Å²) in [4.78, 5) is 23.3. The number of hydrogen-bond donors (Lipinski definition) is 2. The quantitative estimate of drug-likeness (QED) is 0.818. The fraction of sp³-hybridized carbons (Fsp3) is 0.500. The number of esters is 1. The van der Waals surface area contributed by atoms with Crippen LogP contribution in [0.4, 0.5) is 5.69 Å². The van der Waals surface area contributed by atoms with E-state index in [9.17, 15) is 9.59 Å². The molecule has 0 aliphatic carbocycles. The van der Waals surface area contributed by atoms with Crippen molar-refractivity contribution >= 4 is 30.0 Å². The van der Waals surface area contributed by atoms with Crippen molar-refractivity contribution in [1.29, 1.82) is 0 Å². The van der Waals surface area contributed by atoms with E-state index < -0.39 is 11.5 Å². The zero-order chi connectivity index (χ0) is 13.9. The smallest absolute Gasteiger partial charge is 0.355 e. The predicted octanol–water partition coefficient (Wildman–Crippen LogP) is 1.30. The number of nitrogens with one attached hydrogen (secondary N) is 1. The van der Waals surface area contributed by atoms with Crippen molar-refractivity contribution in [3.05, 3.63) is 18.0 Å². The molecule has 0 atom stereocenters. The highest BCUT2D eigenvalue weighted by molar-refractivity contribution is 5.98. The Balaban J connectivity index is 0.00000324. The third kappa shape index (κ3) is 4.57. The number of nitrogens with zero attached hydrogens (tertiary/aromatic N) is 1. The molecule has 0 aliphatic heterocycles. The maximum Gasteiger partial charge on any atom is 0.355 e. The lowest BCUT2D eigenvalue weighted by Crippen LogP contribution is -2.45. The third-order valence-corrected chi connectivity index (χ3v) is 2.33. The predicted molar refractivity (Wildman–Crippen MR) is 75.5 cm³/mol. The molecule has 1 heterocycles. The van der Waals surface area contributed by atoms with E-state index in [1.165, 1.54) is 0 Å².